The number of anilines is 1. The van der Waals surface area contributed by atoms with Crippen LogP contribution >= 0.6 is 0 Å². The van der Waals surface area contributed by atoms with Gasteiger partial charge < -0.3 is 5.73 Å². The number of nitrogens with two attached hydrogens (primary N) is 1. The van der Waals surface area contributed by atoms with Gasteiger partial charge in [0.15, 0.2) is 5.82 Å². The highest BCUT2D eigenvalue weighted by molar-refractivity contribution is 6.07. The lowest BCUT2D eigenvalue weighted by atomic mass is 10.1. The summed E-state index contributed by atoms with van der Waals surface area (Å²) in [6.07, 6.45) is -4.49. The van der Waals surface area contributed by atoms with Crippen LogP contribution in [0.5, 0.6) is 0 Å². The number of hydrogen-bond acceptors (Lipinski definition) is 3. The Bertz CT molecular complexity index is 781. The number of alkyl halides is 3. The molecule has 3 nitrogen and oxygen atoms in total. The van der Waals surface area contributed by atoms with E-state index >= 15 is 0 Å². The van der Waals surface area contributed by atoms with E-state index in [0.717, 1.165) is 11.5 Å². The number of para-hydroxylation sites is 1. The standard InChI is InChI=1S/C13H8F3N3/c14-13(15,16)10-6-5-8-7-3-1-2-4-9(7)18-12(17)11(8)19-10/h1-6H,(H2,17,18). The van der Waals surface area contributed by atoms with Crippen LogP contribution in [0.25, 0.3) is 21.8 Å². The monoisotopic (exact) mass is 263 g/mol. The zero-order valence-corrected chi connectivity index (χ0v) is 9.57. The van der Waals surface area contributed by atoms with Gasteiger partial charge in [0, 0.05) is 10.8 Å². The molecular weight excluding hydrogens is 255 g/mol. The number of hydrogen-bond donors (Lipinski definition) is 1. The van der Waals surface area contributed by atoms with E-state index in [0.29, 0.717) is 10.9 Å². The number of nitrogen functional groups attached to an aromatic ring is 1. The topological polar surface area (TPSA) is 51.8 Å². The summed E-state index contributed by atoms with van der Waals surface area (Å²) in [5, 5.41) is 1.30. The third-order valence-corrected chi connectivity index (χ3v) is 2.86. The maximum atomic E-state index is 12.6. The van der Waals surface area contributed by atoms with E-state index in [9.17, 15) is 13.2 Å². The Balaban J connectivity index is 2.42. The van der Waals surface area contributed by atoms with Gasteiger partial charge in [-0.15, -0.1) is 0 Å². The van der Waals surface area contributed by atoms with Crippen molar-refractivity contribution in [3.05, 3.63) is 42.1 Å². The van der Waals surface area contributed by atoms with E-state index in [1.54, 1.807) is 24.3 Å². The lowest BCUT2D eigenvalue weighted by Crippen LogP contribution is -2.08. The molecule has 19 heavy (non-hydrogen) atoms. The van der Waals surface area contributed by atoms with Crippen molar-refractivity contribution in [2.45, 2.75) is 6.18 Å². The average Bonchev–Trinajstić information content (AvgIpc) is 2.37. The number of pyridine rings is 2. The minimum absolute atomic E-state index is 0.000185. The second-order valence-corrected chi connectivity index (χ2v) is 4.10. The molecule has 0 radical (unpaired) electrons. The summed E-state index contributed by atoms with van der Waals surface area (Å²) in [7, 11) is 0. The first kappa shape index (κ1) is 11.7. The van der Waals surface area contributed by atoms with Gasteiger partial charge in [-0.05, 0) is 18.2 Å². The van der Waals surface area contributed by atoms with Crippen LogP contribution in [-0.4, -0.2) is 9.97 Å². The van der Waals surface area contributed by atoms with Crippen molar-refractivity contribution in [3.63, 3.8) is 0 Å². The summed E-state index contributed by atoms with van der Waals surface area (Å²) in [4.78, 5) is 7.66. The highest BCUT2D eigenvalue weighted by atomic mass is 19.4. The first-order valence-electron chi connectivity index (χ1n) is 5.49. The summed E-state index contributed by atoms with van der Waals surface area (Å²) in [6, 6.07) is 9.44. The van der Waals surface area contributed by atoms with Crippen molar-refractivity contribution >= 4 is 27.6 Å². The summed E-state index contributed by atoms with van der Waals surface area (Å²) in [5.41, 5.74) is 5.44. The lowest BCUT2D eigenvalue weighted by Gasteiger charge is -2.09. The first-order chi connectivity index (χ1) is 8.97. The van der Waals surface area contributed by atoms with Gasteiger partial charge in [-0.1, -0.05) is 18.2 Å². The summed E-state index contributed by atoms with van der Waals surface area (Å²) in [6.45, 7) is 0. The SMILES string of the molecule is Nc1nc2ccccc2c2ccc(C(F)(F)F)nc12. The van der Waals surface area contributed by atoms with Gasteiger partial charge in [0.1, 0.15) is 11.2 Å². The van der Waals surface area contributed by atoms with Crippen LogP contribution < -0.4 is 5.73 Å². The Kier molecular flexibility index (Phi) is 2.35. The molecule has 0 aliphatic heterocycles. The van der Waals surface area contributed by atoms with Gasteiger partial charge in [-0.25, -0.2) is 9.97 Å². The summed E-state index contributed by atoms with van der Waals surface area (Å²) < 4.78 is 37.9. The van der Waals surface area contributed by atoms with E-state index < -0.39 is 11.9 Å². The highest BCUT2D eigenvalue weighted by Gasteiger charge is 2.32. The van der Waals surface area contributed by atoms with Gasteiger partial charge in [-0.2, -0.15) is 13.2 Å². The van der Waals surface area contributed by atoms with Gasteiger partial charge in [0.25, 0.3) is 0 Å². The molecule has 0 saturated carbocycles. The number of halogens is 3. The Morgan fingerprint density at radius 3 is 2.37 bits per heavy atom. The predicted octanol–water partition coefficient (Wildman–Crippen LogP) is 3.38. The second-order valence-electron chi connectivity index (χ2n) is 4.10. The van der Waals surface area contributed by atoms with Crippen molar-refractivity contribution in [3.8, 4) is 0 Å². The van der Waals surface area contributed by atoms with Crippen LogP contribution in [0.2, 0.25) is 0 Å². The fourth-order valence-corrected chi connectivity index (χ4v) is 2.01. The highest BCUT2D eigenvalue weighted by Crippen LogP contribution is 2.32. The summed E-state index contributed by atoms with van der Waals surface area (Å²) in [5.74, 6) is -0.000185. The van der Waals surface area contributed by atoms with Gasteiger partial charge in [0.05, 0.1) is 5.52 Å². The molecule has 0 bridgehead atoms. The maximum Gasteiger partial charge on any atom is 0.433 e. The van der Waals surface area contributed by atoms with Crippen LogP contribution in [0.1, 0.15) is 5.69 Å². The zero-order chi connectivity index (χ0) is 13.6. The van der Waals surface area contributed by atoms with Crippen LogP contribution in [-0.2, 0) is 6.18 Å². The number of rotatable bonds is 0. The molecule has 6 heteroatoms. The largest absolute Gasteiger partial charge is 0.433 e. The Morgan fingerprint density at radius 1 is 0.895 bits per heavy atom. The number of aromatic nitrogens is 2. The molecule has 0 aliphatic carbocycles. The molecular formula is C13H8F3N3. The number of fused-ring (bicyclic) bond motifs is 3. The molecule has 0 unspecified atom stereocenters. The fourth-order valence-electron chi connectivity index (χ4n) is 2.01. The molecule has 3 aromatic rings. The summed E-state index contributed by atoms with van der Waals surface area (Å²) >= 11 is 0. The van der Waals surface area contributed by atoms with E-state index in [-0.39, 0.29) is 11.3 Å². The van der Waals surface area contributed by atoms with Crippen molar-refractivity contribution in [1.82, 2.24) is 9.97 Å². The lowest BCUT2D eigenvalue weighted by molar-refractivity contribution is -0.140. The van der Waals surface area contributed by atoms with E-state index in [2.05, 4.69) is 9.97 Å². The molecule has 0 saturated heterocycles. The van der Waals surface area contributed by atoms with Crippen LogP contribution in [0.3, 0.4) is 0 Å². The molecule has 96 valence electrons. The predicted molar refractivity (Wildman–Crippen MR) is 66.5 cm³/mol. The molecule has 0 atom stereocenters. The number of nitrogens with zero attached hydrogens (tertiary/aromatic N) is 2. The zero-order valence-electron chi connectivity index (χ0n) is 9.57. The van der Waals surface area contributed by atoms with Crippen LogP contribution in [0.15, 0.2) is 36.4 Å². The molecule has 3 rings (SSSR count). The van der Waals surface area contributed by atoms with Crippen LogP contribution in [0, 0.1) is 0 Å². The molecule has 2 N–H and O–H groups in total. The third-order valence-electron chi connectivity index (χ3n) is 2.86. The van der Waals surface area contributed by atoms with Gasteiger partial charge >= 0.3 is 6.18 Å². The minimum atomic E-state index is -4.49. The number of benzene rings is 1. The minimum Gasteiger partial charge on any atom is -0.382 e. The molecule has 1 aromatic carbocycles. The Hall–Kier alpha value is -2.37. The molecule has 0 spiro atoms. The molecule has 0 aliphatic rings. The van der Waals surface area contributed by atoms with Gasteiger partial charge in [0.2, 0.25) is 0 Å². The van der Waals surface area contributed by atoms with E-state index in [1.807, 2.05) is 0 Å². The van der Waals surface area contributed by atoms with Crippen molar-refractivity contribution in [1.29, 1.82) is 0 Å². The Labute approximate surface area is 105 Å². The van der Waals surface area contributed by atoms with E-state index in [4.69, 9.17) is 5.73 Å². The van der Waals surface area contributed by atoms with Gasteiger partial charge in [-0.3, -0.25) is 0 Å². The van der Waals surface area contributed by atoms with Crippen molar-refractivity contribution < 1.29 is 13.2 Å². The average molecular weight is 263 g/mol. The normalized spacial score (nSPS) is 12.2. The molecule has 0 fully saturated rings. The first-order valence-corrected chi connectivity index (χ1v) is 5.49. The van der Waals surface area contributed by atoms with E-state index in [1.165, 1.54) is 6.07 Å². The molecule has 2 aromatic heterocycles. The Morgan fingerprint density at radius 2 is 1.63 bits per heavy atom. The smallest absolute Gasteiger partial charge is 0.382 e. The fraction of sp³-hybridized carbons (Fsp3) is 0.0769. The quantitative estimate of drug-likeness (QED) is 0.632. The third kappa shape index (κ3) is 1.85. The van der Waals surface area contributed by atoms with Crippen LogP contribution in [0.4, 0.5) is 19.0 Å². The second kappa shape index (κ2) is 3.81. The molecule has 0 amide bonds. The molecule has 2 heterocycles. The van der Waals surface area contributed by atoms with Crippen molar-refractivity contribution in [2.24, 2.45) is 0 Å². The van der Waals surface area contributed by atoms with Crippen molar-refractivity contribution in [2.75, 3.05) is 5.73 Å². The maximum absolute atomic E-state index is 12.6.